The van der Waals surface area contributed by atoms with Gasteiger partial charge in [-0.25, -0.2) is 0 Å². The molecule has 0 bridgehead atoms. The van der Waals surface area contributed by atoms with Crippen LogP contribution in [0.25, 0.3) is 11.4 Å². The molecule has 0 aliphatic carbocycles. The highest BCUT2D eigenvalue weighted by atomic mass is 35.5. The van der Waals surface area contributed by atoms with Gasteiger partial charge in [0.05, 0.1) is 7.05 Å². The third kappa shape index (κ3) is 4.42. The van der Waals surface area contributed by atoms with Gasteiger partial charge in [0.25, 0.3) is 0 Å². The molecule has 1 heterocycles. The molecule has 0 aliphatic rings. The largest absolute Gasteiger partial charge is 0.344 e. The molecule has 2 aromatic carbocycles. The van der Waals surface area contributed by atoms with Gasteiger partial charge in [-0.05, 0) is 47.2 Å². The molecule has 0 fully saturated rings. The monoisotopic (exact) mass is 370 g/mol. The third-order valence-corrected chi connectivity index (χ3v) is 3.73. The summed E-state index contributed by atoms with van der Waals surface area (Å²) in [6, 6.07) is 13.8. The molecule has 0 saturated carbocycles. The summed E-state index contributed by atoms with van der Waals surface area (Å²) in [5, 5.41) is 17.5. The molecular formula is C17H15ClN6O2. The molecule has 0 saturated heterocycles. The molecule has 9 heteroatoms. The quantitative estimate of drug-likeness (QED) is 0.682. The van der Waals surface area contributed by atoms with Crippen molar-refractivity contribution in [3.8, 4) is 11.4 Å². The molecule has 1 aromatic heterocycles. The predicted octanol–water partition coefficient (Wildman–Crippen LogP) is 1.79. The lowest BCUT2D eigenvalue weighted by Gasteiger charge is -2.07. The average molecular weight is 371 g/mol. The topological polar surface area (TPSA) is 102 Å². The van der Waals surface area contributed by atoms with E-state index in [0.29, 0.717) is 16.5 Å². The smallest absolute Gasteiger partial charge is 0.313 e. The zero-order valence-corrected chi connectivity index (χ0v) is 14.6. The first kappa shape index (κ1) is 17.6. The number of hydrogen-bond acceptors (Lipinski definition) is 5. The van der Waals surface area contributed by atoms with Gasteiger partial charge in [-0.3, -0.25) is 9.59 Å². The second-order valence-electron chi connectivity index (χ2n) is 5.44. The van der Waals surface area contributed by atoms with E-state index in [2.05, 4.69) is 26.0 Å². The number of nitrogens with one attached hydrogen (secondary N) is 2. The summed E-state index contributed by atoms with van der Waals surface area (Å²) in [5.41, 5.74) is 2.09. The van der Waals surface area contributed by atoms with Gasteiger partial charge < -0.3 is 10.6 Å². The van der Waals surface area contributed by atoms with Crippen LogP contribution in [0, 0.1) is 0 Å². The van der Waals surface area contributed by atoms with Gasteiger partial charge in [-0.15, -0.1) is 10.2 Å². The molecule has 0 unspecified atom stereocenters. The van der Waals surface area contributed by atoms with Crippen molar-refractivity contribution in [2.24, 2.45) is 7.05 Å². The maximum absolute atomic E-state index is 12.0. The van der Waals surface area contributed by atoms with Crippen molar-refractivity contribution in [1.29, 1.82) is 0 Å². The van der Waals surface area contributed by atoms with E-state index >= 15 is 0 Å². The Balaban J connectivity index is 1.55. The van der Waals surface area contributed by atoms with Gasteiger partial charge in [0.15, 0.2) is 0 Å². The predicted molar refractivity (Wildman–Crippen MR) is 96.2 cm³/mol. The van der Waals surface area contributed by atoms with Crippen LogP contribution in [0.1, 0.15) is 5.56 Å². The Morgan fingerprint density at radius 2 is 1.73 bits per heavy atom. The van der Waals surface area contributed by atoms with Crippen LogP contribution >= 0.6 is 11.6 Å². The molecule has 0 radical (unpaired) electrons. The molecule has 3 rings (SSSR count). The van der Waals surface area contributed by atoms with Crippen LogP contribution in [0.4, 0.5) is 5.69 Å². The van der Waals surface area contributed by atoms with Crippen molar-refractivity contribution in [3.05, 3.63) is 59.1 Å². The normalized spacial score (nSPS) is 10.4. The molecule has 8 nitrogen and oxygen atoms in total. The molecule has 3 aromatic rings. The number of nitrogens with zero attached hydrogens (tertiary/aromatic N) is 4. The zero-order valence-electron chi connectivity index (χ0n) is 13.8. The van der Waals surface area contributed by atoms with E-state index in [4.69, 9.17) is 11.6 Å². The summed E-state index contributed by atoms with van der Waals surface area (Å²) < 4.78 is 0. The van der Waals surface area contributed by atoms with Crippen molar-refractivity contribution in [1.82, 2.24) is 25.5 Å². The van der Waals surface area contributed by atoms with Gasteiger partial charge in [0.2, 0.25) is 5.82 Å². The SMILES string of the molecule is Cn1nnc(-c2ccc(NC(=O)C(=O)NCc3ccc(Cl)cc3)cc2)n1. The number of anilines is 1. The fraction of sp³-hybridized carbons (Fsp3) is 0.118. The lowest BCUT2D eigenvalue weighted by Crippen LogP contribution is -2.34. The van der Waals surface area contributed by atoms with Crippen LogP contribution in [-0.2, 0) is 23.2 Å². The van der Waals surface area contributed by atoms with Crippen molar-refractivity contribution in [3.63, 3.8) is 0 Å². The van der Waals surface area contributed by atoms with E-state index in [-0.39, 0.29) is 6.54 Å². The van der Waals surface area contributed by atoms with E-state index < -0.39 is 11.8 Å². The maximum atomic E-state index is 12.0. The summed E-state index contributed by atoms with van der Waals surface area (Å²) in [6.45, 7) is 0.237. The van der Waals surface area contributed by atoms with Crippen LogP contribution in [-0.4, -0.2) is 32.0 Å². The van der Waals surface area contributed by atoms with Crippen molar-refractivity contribution in [2.75, 3.05) is 5.32 Å². The second kappa shape index (κ2) is 7.75. The number of tetrazole rings is 1. The molecule has 132 valence electrons. The van der Waals surface area contributed by atoms with E-state index in [9.17, 15) is 9.59 Å². The summed E-state index contributed by atoms with van der Waals surface area (Å²) in [4.78, 5) is 25.2. The van der Waals surface area contributed by atoms with Crippen LogP contribution in [0.15, 0.2) is 48.5 Å². The van der Waals surface area contributed by atoms with E-state index in [1.165, 1.54) is 4.80 Å². The Labute approximate surface area is 154 Å². The lowest BCUT2D eigenvalue weighted by molar-refractivity contribution is -0.136. The van der Waals surface area contributed by atoms with Crippen LogP contribution in [0.5, 0.6) is 0 Å². The Kier molecular flexibility index (Phi) is 5.23. The first-order valence-electron chi connectivity index (χ1n) is 7.69. The fourth-order valence-corrected chi connectivity index (χ4v) is 2.28. The average Bonchev–Trinajstić information content (AvgIpc) is 3.08. The number of halogens is 1. The number of aryl methyl sites for hydroxylation is 1. The van der Waals surface area contributed by atoms with Crippen LogP contribution in [0.3, 0.4) is 0 Å². The van der Waals surface area contributed by atoms with E-state index in [1.807, 2.05) is 0 Å². The van der Waals surface area contributed by atoms with Crippen molar-refractivity contribution in [2.45, 2.75) is 6.54 Å². The summed E-state index contributed by atoms with van der Waals surface area (Å²) in [7, 11) is 1.67. The van der Waals surface area contributed by atoms with Gasteiger partial charge in [0, 0.05) is 22.8 Å². The minimum Gasteiger partial charge on any atom is -0.344 e. The zero-order chi connectivity index (χ0) is 18.5. The summed E-state index contributed by atoms with van der Waals surface area (Å²) in [6.07, 6.45) is 0. The summed E-state index contributed by atoms with van der Waals surface area (Å²) in [5.74, 6) is -0.991. The van der Waals surface area contributed by atoms with Crippen LogP contribution in [0.2, 0.25) is 5.02 Å². The molecule has 26 heavy (non-hydrogen) atoms. The number of rotatable bonds is 4. The second-order valence-corrected chi connectivity index (χ2v) is 5.88. The number of carbonyl (C=O) groups is 2. The van der Waals surface area contributed by atoms with E-state index in [1.54, 1.807) is 55.6 Å². The molecule has 2 N–H and O–H groups in total. The highest BCUT2D eigenvalue weighted by Gasteiger charge is 2.13. The first-order valence-corrected chi connectivity index (χ1v) is 8.07. The minimum atomic E-state index is -0.746. The Morgan fingerprint density at radius 1 is 1.04 bits per heavy atom. The molecule has 0 spiro atoms. The van der Waals surface area contributed by atoms with Gasteiger partial charge in [-0.2, -0.15) is 4.80 Å². The van der Waals surface area contributed by atoms with Gasteiger partial charge in [-0.1, -0.05) is 23.7 Å². The number of amides is 2. The first-order chi connectivity index (χ1) is 12.5. The van der Waals surface area contributed by atoms with Crippen molar-refractivity contribution >= 4 is 29.1 Å². The molecule has 0 atom stereocenters. The highest BCUT2D eigenvalue weighted by Crippen LogP contribution is 2.17. The van der Waals surface area contributed by atoms with Crippen LogP contribution < -0.4 is 10.6 Å². The summed E-state index contributed by atoms with van der Waals surface area (Å²) >= 11 is 5.80. The Hall–Kier alpha value is -3.26. The Bertz CT molecular complexity index is 921. The minimum absolute atomic E-state index is 0.237. The van der Waals surface area contributed by atoms with Gasteiger partial charge in [0.1, 0.15) is 0 Å². The van der Waals surface area contributed by atoms with Gasteiger partial charge >= 0.3 is 11.8 Å². The number of carbonyl (C=O) groups excluding carboxylic acids is 2. The van der Waals surface area contributed by atoms with E-state index in [0.717, 1.165) is 11.1 Å². The maximum Gasteiger partial charge on any atom is 0.313 e. The highest BCUT2D eigenvalue weighted by molar-refractivity contribution is 6.39. The Morgan fingerprint density at radius 3 is 2.35 bits per heavy atom. The number of benzene rings is 2. The number of hydrogen-bond donors (Lipinski definition) is 2. The molecular weight excluding hydrogens is 356 g/mol. The van der Waals surface area contributed by atoms with Crippen molar-refractivity contribution < 1.29 is 9.59 Å². The lowest BCUT2D eigenvalue weighted by atomic mass is 10.2. The standard InChI is InChI=1S/C17H15ClN6O2/c1-24-22-15(21-23-24)12-4-8-14(9-5-12)20-17(26)16(25)19-10-11-2-6-13(18)7-3-11/h2-9H,10H2,1H3,(H,19,25)(H,20,26). The third-order valence-electron chi connectivity index (χ3n) is 3.48. The molecule has 0 aliphatic heterocycles. The fourth-order valence-electron chi connectivity index (χ4n) is 2.16. The molecule has 2 amide bonds. The number of aromatic nitrogens is 4.